The summed E-state index contributed by atoms with van der Waals surface area (Å²) in [4.78, 5) is 13.9. The zero-order valence-corrected chi connectivity index (χ0v) is 14.1. The van der Waals surface area contributed by atoms with Crippen LogP contribution in [0.4, 0.5) is 0 Å². The number of nitrogens with one attached hydrogen (secondary N) is 1. The summed E-state index contributed by atoms with van der Waals surface area (Å²) in [5.41, 5.74) is -0.678. The van der Waals surface area contributed by atoms with Gasteiger partial charge in [-0.15, -0.1) is 5.10 Å². The highest BCUT2D eigenvalue weighted by Crippen LogP contribution is 2.30. The van der Waals surface area contributed by atoms with E-state index in [0.717, 1.165) is 0 Å². The third kappa shape index (κ3) is 4.04. The van der Waals surface area contributed by atoms with Gasteiger partial charge in [0.25, 0.3) is 0 Å². The molecule has 0 aromatic carbocycles. The molecule has 22 heavy (non-hydrogen) atoms. The topological polar surface area (TPSA) is 83.3 Å². The van der Waals surface area contributed by atoms with Gasteiger partial charge >= 0.3 is 0 Å². The van der Waals surface area contributed by atoms with Crippen LogP contribution in [0.2, 0.25) is 0 Å². The lowest BCUT2D eigenvalue weighted by molar-refractivity contribution is -0.123. The molecule has 0 saturated carbocycles. The second-order valence-corrected chi connectivity index (χ2v) is 7.47. The molecule has 1 amide bonds. The van der Waals surface area contributed by atoms with Crippen LogP contribution < -0.4 is 5.32 Å². The lowest BCUT2D eigenvalue weighted by Crippen LogP contribution is -2.46. The van der Waals surface area contributed by atoms with Crippen LogP contribution in [0.5, 0.6) is 0 Å². The normalized spacial score (nSPS) is 23.2. The van der Waals surface area contributed by atoms with Crippen molar-refractivity contribution in [1.29, 1.82) is 0 Å². The molecule has 0 bridgehead atoms. The lowest BCUT2D eigenvalue weighted by atomic mass is 10.00. The van der Waals surface area contributed by atoms with Crippen molar-refractivity contribution < 1.29 is 9.90 Å². The quantitative estimate of drug-likeness (QED) is 0.854. The fraction of sp³-hybridized carbons (Fsp3) is 0.800. The minimum atomic E-state index is -1.02. The smallest absolute Gasteiger partial charge is 0.234 e. The van der Waals surface area contributed by atoms with Crippen LogP contribution in [0.15, 0.2) is 6.20 Å². The Bertz CT molecular complexity index is 534. The Labute approximate surface area is 131 Å². The summed E-state index contributed by atoms with van der Waals surface area (Å²) in [5.74, 6) is -0.0254. The van der Waals surface area contributed by atoms with E-state index in [0.29, 0.717) is 25.2 Å². The van der Waals surface area contributed by atoms with Gasteiger partial charge in [0.15, 0.2) is 0 Å². The second kappa shape index (κ2) is 5.96. The molecule has 1 saturated heterocycles. The maximum atomic E-state index is 12.0. The van der Waals surface area contributed by atoms with Gasteiger partial charge in [-0.2, -0.15) is 0 Å². The van der Waals surface area contributed by atoms with Gasteiger partial charge in [-0.3, -0.25) is 9.69 Å². The predicted molar refractivity (Wildman–Crippen MR) is 83.3 cm³/mol. The number of likely N-dealkylation sites (tertiary alicyclic amines) is 1. The Morgan fingerprint density at radius 3 is 2.73 bits per heavy atom. The molecule has 7 nitrogen and oxygen atoms in total. The van der Waals surface area contributed by atoms with Crippen molar-refractivity contribution in [3.05, 3.63) is 11.9 Å². The molecule has 2 rings (SSSR count). The average molecular weight is 309 g/mol. The Morgan fingerprint density at radius 2 is 2.18 bits per heavy atom. The Morgan fingerprint density at radius 1 is 1.50 bits per heavy atom. The van der Waals surface area contributed by atoms with Gasteiger partial charge in [0.05, 0.1) is 12.7 Å². The van der Waals surface area contributed by atoms with Gasteiger partial charge < -0.3 is 10.4 Å². The summed E-state index contributed by atoms with van der Waals surface area (Å²) in [7, 11) is 0. The maximum absolute atomic E-state index is 12.0. The van der Waals surface area contributed by atoms with E-state index in [1.165, 1.54) is 0 Å². The van der Waals surface area contributed by atoms with Crippen molar-refractivity contribution in [3.63, 3.8) is 0 Å². The molecule has 1 aromatic rings. The van der Waals surface area contributed by atoms with Crippen molar-refractivity contribution >= 4 is 5.91 Å². The summed E-state index contributed by atoms with van der Waals surface area (Å²) in [5, 5.41) is 21.9. The molecule has 1 aliphatic heterocycles. The minimum absolute atomic E-state index is 0.0254. The number of hydrogen-bond acceptors (Lipinski definition) is 5. The van der Waals surface area contributed by atoms with Crippen LogP contribution in [0, 0.1) is 0 Å². The monoisotopic (exact) mass is 309 g/mol. The van der Waals surface area contributed by atoms with E-state index in [2.05, 4.69) is 15.6 Å². The first-order valence-electron chi connectivity index (χ1n) is 7.77. The van der Waals surface area contributed by atoms with Gasteiger partial charge in [0, 0.05) is 24.7 Å². The number of carbonyl (C=O) groups is 1. The van der Waals surface area contributed by atoms with Crippen molar-refractivity contribution in [1.82, 2.24) is 25.2 Å². The third-order valence-electron chi connectivity index (χ3n) is 3.72. The molecule has 1 aliphatic rings. The highest BCUT2D eigenvalue weighted by Gasteiger charge is 2.40. The standard InChI is InChI=1S/C15H27N5O2/c1-11(2)20-8-12(17-18-20)15(22)6-7-19(10-15)9-13(21)16-14(3,4)5/h8,11,22H,6-7,9-10H2,1-5H3,(H,16,21). The highest BCUT2D eigenvalue weighted by molar-refractivity contribution is 5.78. The lowest BCUT2D eigenvalue weighted by Gasteiger charge is -2.24. The van der Waals surface area contributed by atoms with E-state index in [9.17, 15) is 9.90 Å². The molecule has 2 heterocycles. The number of carbonyl (C=O) groups excluding carboxylic acids is 1. The zero-order chi connectivity index (χ0) is 16.5. The summed E-state index contributed by atoms with van der Waals surface area (Å²) < 4.78 is 1.74. The van der Waals surface area contributed by atoms with Crippen LogP contribution in [0.25, 0.3) is 0 Å². The first-order chi connectivity index (χ1) is 10.1. The zero-order valence-electron chi connectivity index (χ0n) is 14.1. The molecule has 1 unspecified atom stereocenters. The predicted octanol–water partition coefficient (Wildman–Crippen LogP) is 0.667. The van der Waals surface area contributed by atoms with Crippen LogP contribution in [-0.2, 0) is 10.4 Å². The number of aliphatic hydroxyl groups is 1. The maximum Gasteiger partial charge on any atom is 0.234 e. The largest absolute Gasteiger partial charge is 0.382 e. The van der Waals surface area contributed by atoms with Gasteiger partial charge in [0.1, 0.15) is 11.3 Å². The van der Waals surface area contributed by atoms with Gasteiger partial charge in [0.2, 0.25) is 5.91 Å². The molecule has 1 atom stereocenters. The number of amides is 1. The van der Waals surface area contributed by atoms with E-state index in [4.69, 9.17) is 0 Å². The molecule has 0 radical (unpaired) electrons. The molecule has 1 aromatic heterocycles. The number of β-amino-alcohol motifs (C(OH)–C–C–N with tert-alkyl or cyclic N) is 1. The molecular weight excluding hydrogens is 282 g/mol. The SMILES string of the molecule is CC(C)n1cc(C2(O)CCN(CC(=O)NC(C)(C)C)C2)nn1. The summed E-state index contributed by atoms with van der Waals surface area (Å²) >= 11 is 0. The summed E-state index contributed by atoms with van der Waals surface area (Å²) in [6, 6.07) is 0.208. The third-order valence-corrected chi connectivity index (χ3v) is 3.72. The molecular formula is C15H27N5O2. The Kier molecular flexibility index (Phi) is 4.58. The number of aromatic nitrogens is 3. The van der Waals surface area contributed by atoms with Crippen molar-refractivity contribution in [2.45, 2.75) is 58.2 Å². The van der Waals surface area contributed by atoms with E-state index >= 15 is 0 Å². The molecule has 124 valence electrons. The number of nitrogens with zero attached hydrogens (tertiary/aromatic N) is 4. The van der Waals surface area contributed by atoms with Gasteiger partial charge in [-0.1, -0.05) is 5.21 Å². The fourth-order valence-electron chi connectivity index (χ4n) is 2.62. The van der Waals surface area contributed by atoms with Crippen LogP contribution in [0.3, 0.4) is 0 Å². The van der Waals surface area contributed by atoms with Crippen LogP contribution in [-0.4, -0.2) is 56.1 Å². The molecule has 0 aliphatic carbocycles. The Hall–Kier alpha value is -1.47. The molecule has 7 heteroatoms. The second-order valence-electron chi connectivity index (χ2n) is 7.47. The van der Waals surface area contributed by atoms with E-state index in [1.807, 2.05) is 39.5 Å². The number of hydrogen-bond donors (Lipinski definition) is 2. The van der Waals surface area contributed by atoms with Gasteiger partial charge in [-0.25, -0.2) is 4.68 Å². The summed E-state index contributed by atoms with van der Waals surface area (Å²) in [6.45, 7) is 11.3. The van der Waals surface area contributed by atoms with Crippen molar-refractivity contribution in [3.8, 4) is 0 Å². The summed E-state index contributed by atoms with van der Waals surface area (Å²) in [6.07, 6.45) is 2.36. The van der Waals surface area contributed by atoms with Crippen molar-refractivity contribution in [2.75, 3.05) is 19.6 Å². The van der Waals surface area contributed by atoms with Gasteiger partial charge in [-0.05, 0) is 41.0 Å². The van der Waals surface area contributed by atoms with E-state index in [-0.39, 0.29) is 24.0 Å². The first-order valence-corrected chi connectivity index (χ1v) is 7.77. The van der Waals surface area contributed by atoms with Crippen molar-refractivity contribution in [2.24, 2.45) is 0 Å². The highest BCUT2D eigenvalue weighted by atomic mass is 16.3. The molecule has 2 N–H and O–H groups in total. The average Bonchev–Trinajstić information content (AvgIpc) is 2.94. The molecule has 0 spiro atoms. The minimum Gasteiger partial charge on any atom is -0.382 e. The van der Waals surface area contributed by atoms with Crippen LogP contribution in [0.1, 0.15) is 52.8 Å². The van der Waals surface area contributed by atoms with E-state index in [1.54, 1.807) is 10.9 Å². The molecule has 1 fully saturated rings. The number of rotatable bonds is 4. The van der Waals surface area contributed by atoms with Crippen LogP contribution >= 0.6 is 0 Å². The fourth-order valence-corrected chi connectivity index (χ4v) is 2.62. The Balaban J connectivity index is 1.97. The van der Waals surface area contributed by atoms with E-state index < -0.39 is 5.60 Å². The first kappa shape index (κ1) is 16.9.